The van der Waals surface area contributed by atoms with Gasteiger partial charge in [0.15, 0.2) is 9.84 Å². The van der Waals surface area contributed by atoms with Gasteiger partial charge in [0.1, 0.15) is 0 Å². The number of halogens is 1. The largest absolute Gasteiger partial charge is 0.228 e. The van der Waals surface area contributed by atoms with Crippen LogP contribution in [0.15, 0.2) is 24.3 Å². The summed E-state index contributed by atoms with van der Waals surface area (Å²) in [6.45, 7) is 10.2. The van der Waals surface area contributed by atoms with Gasteiger partial charge in [-0.2, -0.15) is 0 Å². The minimum Gasteiger partial charge on any atom is -0.228 e. The molecular weight excluding hydrogens is 436 g/mol. The van der Waals surface area contributed by atoms with Gasteiger partial charge < -0.3 is 0 Å². The highest BCUT2D eigenvalue weighted by Crippen LogP contribution is 2.53. The second kappa shape index (κ2) is 10.4. The average molecular weight is 481 g/mol. The standard InChI is InChI=1S/C28H45ClO2S/c1-21(2)19-25(28(17-6-18-28)24-13-15-26(29)16-14-24)12-11-22-7-9-23(10-8-22)20-32(30,31)27(3,4)5/h13-16,21-23,25H,6-12,17-20H2,1-5H3. The minimum atomic E-state index is -3.01. The predicted molar refractivity (Wildman–Crippen MR) is 138 cm³/mol. The Kier molecular flexibility index (Phi) is 8.46. The quantitative estimate of drug-likeness (QED) is 0.356. The average Bonchev–Trinajstić information content (AvgIpc) is 2.66. The van der Waals surface area contributed by atoms with E-state index in [1.807, 2.05) is 20.8 Å². The van der Waals surface area contributed by atoms with Crippen LogP contribution in [0.2, 0.25) is 5.02 Å². The van der Waals surface area contributed by atoms with Gasteiger partial charge in [0.2, 0.25) is 0 Å². The first-order chi connectivity index (χ1) is 14.9. The van der Waals surface area contributed by atoms with E-state index in [0.29, 0.717) is 23.0 Å². The van der Waals surface area contributed by atoms with Crippen LogP contribution in [0.1, 0.15) is 104 Å². The fraction of sp³-hybridized carbons (Fsp3) is 0.786. The molecule has 0 radical (unpaired) electrons. The zero-order valence-electron chi connectivity index (χ0n) is 21.0. The summed E-state index contributed by atoms with van der Waals surface area (Å²) in [6, 6.07) is 8.68. The van der Waals surface area contributed by atoms with E-state index in [2.05, 4.69) is 38.1 Å². The Morgan fingerprint density at radius 3 is 2.03 bits per heavy atom. The fourth-order valence-corrected chi connectivity index (χ4v) is 7.72. The zero-order valence-corrected chi connectivity index (χ0v) is 22.6. The topological polar surface area (TPSA) is 34.1 Å². The molecule has 0 heterocycles. The van der Waals surface area contributed by atoms with Crippen molar-refractivity contribution in [1.82, 2.24) is 0 Å². The summed E-state index contributed by atoms with van der Waals surface area (Å²) in [7, 11) is -3.01. The van der Waals surface area contributed by atoms with Crippen LogP contribution in [-0.2, 0) is 15.3 Å². The van der Waals surface area contributed by atoms with Gasteiger partial charge in [-0.25, -0.2) is 8.42 Å². The van der Waals surface area contributed by atoms with Crippen LogP contribution in [0.3, 0.4) is 0 Å². The van der Waals surface area contributed by atoms with Gasteiger partial charge in [-0.1, -0.05) is 63.3 Å². The normalized spacial score (nSPS) is 24.8. The third-order valence-corrected chi connectivity index (χ3v) is 11.5. The van der Waals surface area contributed by atoms with Gasteiger partial charge >= 0.3 is 0 Å². The molecule has 1 atom stereocenters. The van der Waals surface area contributed by atoms with E-state index in [4.69, 9.17) is 11.6 Å². The molecule has 2 fully saturated rings. The molecule has 0 bridgehead atoms. The molecule has 1 aromatic rings. The van der Waals surface area contributed by atoms with Gasteiger partial charge in [0.05, 0.1) is 10.5 Å². The highest BCUT2D eigenvalue weighted by Gasteiger charge is 2.45. The van der Waals surface area contributed by atoms with E-state index in [-0.39, 0.29) is 0 Å². The third-order valence-electron chi connectivity index (χ3n) is 8.48. The van der Waals surface area contributed by atoms with Gasteiger partial charge in [-0.05, 0) is 106 Å². The van der Waals surface area contributed by atoms with Crippen LogP contribution in [0.25, 0.3) is 0 Å². The number of hydrogen-bond acceptors (Lipinski definition) is 2. The number of benzene rings is 1. The Labute approximate surface area is 202 Å². The molecule has 1 unspecified atom stereocenters. The Bertz CT molecular complexity index is 823. The summed E-state index contributed by atoms with van der Waals surface area (Å²) in [5.74, 6) is 2.94. The maximum atomic E-state index is 12.6. The molecule has 0 saturated heterocycles. The molecule has 3 rings (SSSR count). The molecular formula is C28H45ClO2S. The monoisotopic (exact) mass is 480 g/mol. The molecule has 0 N–H and O–H groups in total. The van der Waals surface area contributed by atoms with E-state index in [9.17, 15) is 8.42 Å². The highest BCUT2D eigenvalue weighted by molar-refractivity contribution is 7.92. The Morgan fingerprint density at radius 1 is 1.00 bits per heavy atom. The molecule has 4 heteroatoms. The van der Waals surface area contributed by atoms with E-state index in [1.54, 1.807) is 0 Å². The first-order valence-corrected chi connectivity index (χ1v) is 14.9. The maximum Gasteiger partial charge on any atom is 0.155 e. The lowest BCUT2D eigenvalue weighted by atomic mass is 9.55. The molecule has 2 saturated carbocycles. The first-order valence-electron chi connectivity index (χ1n) is 12.9. The van der Waals surface area contributed by atoms with Gasteiger partial charge in [0.25, 0.3) is 0 Å². The summed E-state index contributed by atoms with van der Waals surface area (Å²) in [5, 5.41) is 0.828. The van der Waals surface area contributed by atoms with E-state index in [1.165, 1.54) is 56.9 Å². The SMILES string of the molecule is CC(C)CC(CCC1CCC(CS(=O)(=O)C(C)(C)C)CC1)C1(c2ccc(Cl)cc2)CCC1. The lowest BCUT2D eigenvalue weighted by molar-refractivity contribution is 0.107. The molecule has 1 aromatic carbocycles. The summed E-state index contributed by atoms with van der Waals surface area (Å²) in [6.07, 6.45) is 12.4. The number of hydrogen-bond donors (Lipinski definition) is 0. The molecule has 2 nitrogen and oxygen atoms in total. The van der Waals surface area contributed by atoms with Crippen LogP contribution in [0, 0.1) is 23.7 Å². The summed E-state index contributed by atoms with van der Waals surface area (Å²) in [4.78, 5) is 0. The number of sulfone groups is 1. The van der Waals surface area contributed by atoms with Gasteiger partial charge in [0, 0.05) is 5.02 Å². The number of rotatable bonds is 9. The van der Waals surface area contributed by atoms with Crippen molar-refractivity contribution in [1.29, 1.82) is 0 Å². The van der Waals surface area contributed by atoms with Crippen molar-refractivity contribution in [3.63, 3.8) is 0 Å². The molecule has 0 spiro atoms. The Balaban J connectivity index is 1.59. The third kappa shape index (κ3) is 6.12. The fourth-order valence-electron chi connectivity index (χ4n) is 6.14. The van der Waals surface area contributed by atoms with Crippen LogP contribution >= 0.6 is 11.6 Å². The zero-order chi connectivity index (χ0) is 23.6. The van der Waals surface area contributed by atoms with Crippen molar-refractivity contribution in [2.75, 3.05) is 5.75 Å². The van der Waals surface area contributed by atoms with Gasteiger partial charge in [-0.3, -0.25) is 0 Å². The minimum absolute atomic E-state index is 0.340. The van der Waals surface area contributed by atoms with E-state index >= 15 is 0 Å². The van der Waals surface area contributed by atoms with Crippen molar-refractivity contribution >= 4 is 21.4 Å². The Morgan fingerprint density at radius 2 is 1.56 bits per heavy atom. The van der Waals surface area contributed by atoms with Crippen molar-refractivity contribution in [3.05, 3.63) is 34.9 Å². The van der Waals surface area contributed by atoms with Crippen molar-refractivity contribution in [2.45, 2.75) is 109 Å². The molecule has 32 heavy (non-hydrogen) atoms. The summed E-state index contributed by atoms with van der Waals surface area (Å²) in [5.41, 5.74) is 1.84. The van der Waals surface area contributed by atoms with Crippen molar-refractivity contribution in [2.24, 2.45) is 23.7 Å². The lowest BCUT2D eigenvalue weighted by Crippen LogP contribution is -2.42. The predicted octanol–water partition coefficient (Wildman–Crippen LogP) is 8.22. The molecule has 0 aliphatic heterocycles. The van der Waals surface area contributed by atoms with Crippen LogP contribution in [0.5, 0.6) is 0 Å². The molecule has 2 aliphatic carbocycles. The van der Waals surface area contributed by atoms with Gasteiger partial charge in [-0.15, -0.1) is 0 Å². The van der Waals surface area contributed by atoms with Crippen LogP contribution < -0.4 is 0 Å². The summed E-state index contributed by atoms with van der Waals surface area (Å²) >= 11 is 6.19. The first kappa shape index (κ1) is 26.1. The smallest absolute Gasteiger partial charge is 0.155 e. The van der Waals surface area contributed by atoms with E-state index < -0.39 is 14.6 Å². The van der Waals surface area contributed by atoms with Crippen molar-refractivity contribution in [3.8, 4) is 0 Å². The second-order valence-electron chi connectivity index (χ2n) is 12.2. The molecule has 2 aliphatic rings. The van der Waals surface area contributed by atoms with Crippen molar-refractivity contribution < 1.29 is 8.42 Å². The van der Waals surface area contributed by atoms with E-state index in [0.717, 1.165) is 29.7 Å². The Hall–Kier alpha value is -0.540. The summed E-state index contributed by atoms with van der Waals surface area (Å²) < 4.78 is 24.6. The molecule has 0 aromatic heterocycles. The molecule has 182 valence electrons. The van der Waals surface area contributed by atoms with Crippen LogP contribution in [0.4, 0.5) is 0 Å². The second-order valence-corrected chi connectivity index (χ2v) is 15.4. The molecule has 0 amide bonds. The van der Waals surface area contributed by atoms with Crippen LogP contribution in [-0.4, -0.2) is 18.9 Å². The lowest BCUT2D eigenvalue weighted by Gasteiger charge is -2.50. The maximum absolute atomic E-state index is 12.6. The highest BCUT2D eigenvalue weighted by atomic mass is 35.5.